The van der Waals surface area contributed by atoms with Crippen LogP contribution in [0.2, 0.25) is 0 Å². The molecule has 0 amide bonds. The summed E-state index contributed by atoms with van der Waals surface area (Å²) in [5.41, 5.74) is 0.995. The van der Waals surface area contributed by atoms with E-state index in [0.29, 0.717) is 23.0 Å². The number of aromatic amines is 1. The number of benzene rings is 1. The molecule has 0 saturated carbocycles. The Bertz CT molecular complexity index is 642. The van der Waals surface area contributed by atoms with Gasteiger partial charge >= 0.3 is 0 Å². The van der Waals surface area contributed by atoms with E-state index in [-0.39, 0.29) is 11.3 Å². The van der Waals surface area contributed by atoms with Gasteiger partial charge in [0.2, 0.25) is 0 Å². The molecule has 0 aliphatic carbocycles. The van der Waals surface area contributed by atoms with E-state index in [9.17, 15) is 9.90 Å². The lowest BCUT2D eigenvalue weighted by Gasteiger charge is -2.26. The average molecular weight is 258 g/mol. The first-order valence-electron chi connectivity index (χ1n) is 6.81. The molecule has 4 heteroatoms. The maximum Gasteiger partial charge on any atom is 0.256 e. The molecule has 0 atom stereocenters. The number of H-pyrrole nitrogens is 1. The summed E-state index contributed by atoms with van der Waals surface area (Å²) in [5, 5.41) is 11.0. The van der Waals surface area contributed by atoms with Crippen LogP contribution in [0.15, 0.2) is 29.1 Å². The normalized spacial score (nSPS) is 16.8. The topological polar surface area (TPSA) is 56.3 Å². The van der Waals surface area contributed by atoms with E-state index < -0.39 is 0 Å². The Kier molecular flexibility index (Phi) is 3.25. The van der Waals surface area contributed by atoms with Gasteiger partial charge in [0.25, 0.3) is 5.56 Å². The molecule has 3 rings (SSSR count). The molecule has 19 heavy (non-hydrogen) atoms. The molecule has 1 aromatic carbocycles. The van der Waals surface area contributed by atoms with Crippen LogP contribution >= 0.6 is 0 Å². The summed E-state index contributed by atoms with van der Waals surface area (Å²) in [6.07, 6.45) is 3.61. The number of piperidine rings is 1. The highest BCUT2D eigenvalue weighted by Crippen LogP contribution is 2.25. The molecule has 0 radical (unpaired) electrons. The highest BCUT2D eigenvalue weighted by atomic mass is 16.3. The Hall–Kier alpha value is -1.81. The van der Waals surface area contributed by atoms with Crippen molar-refractivity contribution in [1.29, 1.82) is 0 Å². The lowest BCUT2D eigenvalue weighted by atomic mass is 10.1. The molecule has 0 unspecified atom stereocenters. The van der Waals surface area contributed by atoms with Crippen molar-refractivity contribution in [2.75, 3.05) is 13.1 Å². The Balaban J connectivity index is 2.00. The van der Waals surface area contributed by atoms with E-state index >= 15 is 0 Å². The highest BCUT2D eigenvalue weighted by Gasteiger charge is 2.16. The predicted molar refractivity (Wildman–Crippen MR) is 75.4 cm³/mol. The number of nitrogens with zero attached hydrogens (tertiary/aromatic N) is 1. The van der Waals surface area contributed by atoms with Crippen LogP contribution in [0.5, 0.6) is 5.75 Å². The minimum atomic E-state index is -0.179. The lowest BCUT2D eigenvalue weighted by Crippen LogP contribution is -2.31. The smallest absolute Gasteiger partial charge is 0.256 e. The van der Waals surface area contributed by atoms with Crippen LogP contribution in [0.1, 0.15) is 24.8 Å². The lowest BCUT2D eigenvalue weighted by molar-refractivity contribution is 0.218. The molecule has 0 bridgehead atoms. The van der Waals surface area contributed by atoms with Crippen LogP contribution in [0.3, 0.4) is 0 Å². The van der Waals surface area contributed by atoms with Crippen LogP contribution in [-0.2, 0) is 6.54 Å². The van der Waals surface area contributed by atoms with E-state index in [1.807, 2.05) is 18.2 Å². The molecule has 1 aliphatic heterocycles. The number of para-hydroxylation sites is 1. The van der Waals surface area contributed by atoms with Gasteiger partial charge < -0.3 is 10.1 Å². The second-order valence-electron chi connectivity index (χ2n) is 5.16. The van der Waals surface area contributed by atoms with E-state index in [2.05, 4.69) is 9.88 Å². The monoisotopic (exact) mass is 258 g/mol. The molecule has 0 spiro atoms. The van der Waals surface area contributed by atoms with Crippen molar-refractivity contribution in [1.82, 2.24) is 9.88 Å². The molecular formula is C15H18N2O2. The molecule has 1 aromatic heterocycles. The molecule has 100 valence electrons. The largest absolute Gasteiger partial charge is 0.507 e. The van der Waals surface area contributed by atoms with Crippen molar-refractivity contribution in [3.63, 3.8) is 0 Å². The molecule has 2 N–H and O–H groups in total. The first kappa shape index (κ1) is 12.2. The molecule has 4 nitrogen and oxygen atoms in total. The molecule has 1 saturated heterocycles. The summed E-state index contributed by atoms with van der Waals surface area (Å²) in [6, 6.07) is 7.36. The second-order valence-corrected chi connectivity index (χ2v) is 5.16. The number of nitrogens with one attached hydrogen (secondary N) is 1. The number of likely N-dealkylation sites (tertiary alicyclic amines) is 1. The summed E-state index contributed by atoms with van der Waals surface area (Å²) < 4.78 is 0. The second kappa shape index (κ2) is 5.05. The zero-order valence-electron chi connectivity index (χ0n) is 10.9. The summed E-state index contributed by atoms with van der Waals surface area (Å²) >= 11 is 0. The SMILES string of the molecule is O=c1[nH]c2ccccc2c(O)c1CN1CCCCC1. The standard InChI is InChI=1S/C15H18N2O2/c18-14-11-6-2-3-7-13(11)16-15(19)12(14)10-17-8-4-1-5-9-17/h2-3,6-7H,1,4-5,8-10H2,(H2,16,18,19). The number of hydrogen-bond donors (Lipinski definition) is 2. The van der Waals surface area contributed by atoms with E-state index in [0.717, 1.165) is 13.1 Å². The van der Waals surface area contributed by atoms with E-state index in [1.54, 1.807) is 6.07 Å². The van der Waals surface area contributed by atoms with Gasteiger partial charge in [0, 0.05) is 11.9 Å². The molecular weight excluding hydrogens is 240 g/mol. The Morgan fingerprint density at radius 3 is 2.68 bits per heavy atom. The van der Waals surface area contributed by atoms with Crippen LogP contribution in [0.4, 0.5) is 0 Å². The van der Waals surface area contributed by atoms with Crippen LogP contribution < -0.4 is 5.56 Å². The van der Waals surface area contributed by atoms with Gasteiger partial charge in [-0.15, -0.1) is 0 Å². The van der Waals surface area contributed by atoms with E-state index in [1.165, 1.54) is 19.3 Å². The number of aromatic nitrogens is 1. The minimum absolute atomic E-state index is 0.130. The molecule has 1 fully saturated rings. The van der Waals surface area contributed by atoms with Gasteiger partial charge in [-0.2, -0.15) is 0 Å². The quantitative estimate of drug-likeness (QED) is 0.868. The third kappa shape index (κ3) is 2.36. The number of fused-ring (bicyclic) bond motifs is 1. The Labute approximate surface area is 111 Å². The maximum atomic E-state index is 12.1. The first-order chi connectivity index (χ1) is 9.25. The van der Waals surface area contributed by atoms with Gasteiger partial charge in [-0.05, 0) is 38.1 Å². The minimum Gasteiger partial charge on any atom is -0.507 e. The van der Waals surface area contributed by atoms with Gasteiger partial charge in [0.05, 0.1) is 11.1 Å². The average Bonchev–Trinajstić information content (AvgIpc) is 2.45. The maximum absolute atomic E-state index is 12.1. The zero-order chi connectivity index (χ0) is 13.2. The highest BCUT2D eigenvalue weighted by molar-refractivity contribution is 5.85. The van der Waals surface area contributed by atoms with Gasteiger partial charge in [0.1, 0.15) is 5.75 Å². The van der Waals surface area contributed by atoms with E-state index in [4.69, 9.17) is 0 Å². The number of rotatable bonds is 2. The van der Waals surface area contributed by atoms with Crippen molar-refractivity contribution < 1.29 is 5.11 Å². The fraction of sp³-hybridized carbons (Fsp3) is 0.400. The fourth-order valence-corrected chi connectivity index (χ4v) is 2.75. The van der Waals surface area contributed by atoms with Crippen LogP contribution in [-0.4, -0.2) is 28.1 Å². The summed E-state index contributed by atoms with van der Waals surface area (Å²) in [5.74, 6) is 0.130. The van der Waals surface area contributed by atoms with Gasteiger partial charge in [-0.1, -0.05) is 18.6 Å². The van der Waals surface area contributed by atoms with Crippen molar-refractivity contribution in [3.8, 4) is 5.75 Å². The Morgan fingerprint density at radius 2 is 1.89 bits per heavy atom. The summed E-state index contributed by atoms with van der Waals surface area (Å²) in [4.78, 5) is 17.2. The predicted octanol–water partition coefficient (Wildman–Crippen LogP) is 2.22. The van der Waals surface area contributed by atoms with Crippen LogP contribution in [0.25, 0.3) is 10.9 Å². The number of hydrogen-bond acceptors (Lipinski definition) is 3. The fourth-order valence-electron chi connectivity index (χ4n) is 2.75. The van der Waals surface area contributed by atoms with Gasteiger partial charge in [0.15, 0.2) is 0 Å². The van der Waals surface area contributed by atoms with Crippen LogP contribution in [0, 0.1) is 0 Å². The zero-order valence-corrected chi connectivity index (χ0v) is 10.9. The van der Waals surface area contributed by atoms with Crippen molar-refractivity contribution >= 4 is 10.9 Å². The Morgan fingerprint density at radius 1 is 1.16 bits per heavy atom. The number of pyridine rings is 1. The molecule has 2 heterocycles. The van der Waals surface area contributed by atoms with Crippen molar-refractivity contribution in [3.05, 3.63) is 40.2 Å². The number of aromatic hydroxyl groups is 1. The van der Waals surface area contributed by atoms with Crippen molar-refractivity contribution in [2.24, 2.45) is 0 Å². The summed E-state index contributed by atoms with van der Waals surface area (Å²) in [7, 11) is 0. The van der Waals surface area contributed by atoms with Gasteiger partial charge in [-0.3, -0.25) is 9.69 Å². The first-order valence-corrected chi connectivity index (χ1v) is 6.81. The summed E-state index contributed by atoms with van der Waals surface area (Å²) in [6.45, 7) is 2.55. The van der Waals surface area contributed by atoms with Gasteiger partial charge in [-0.25, -0.2) is 0 Å². The third-order valence-electron chi connectivity index (χ3n) is 3.82. The van der Waals surface area contributed by atoms with Crippen molar-refractivity contribution in [2.45, 2.75) is 25.8 Å². The molecule has 2 aromatic rings. The molecule has 1 aliphatic rings. The third-order valence-corrected chi connectivity index (χ3v) is 3.82.